The number of allylic oxidation sites excluding steroid dienone is 4. The summed E-state index contributed by atoms with van der Waals surface area (Å²) in [5, 5.41) is 5.13. The van der Waals surface area contributed by atoms with E-state index in [0.717, 1.165) is 6.42 Å². The Bertz CT molecular complexity index is 2980. The Labute approximate surface area is 309 Å². The first-order valence-corrected chi connectivity index (χ1v) is 18.8. The number of aromatic nitrogens is 2. The number of hydrogen-bond acceptors (Lipinski definition) is 0. The van der Waals surface area contributed by atoms with E-state index in [2.05, 4.69) is 199 Å². The predicted octanol–water partition coefficient (Wildman–Crippen LogP) is 13.5. The highest BCUT2D eigenvalue weighted by atomic mass is 15.0. The number of hydrogen-bond donors (Lipinski definition) is 0. The van der Waals surface area contributed by atoms with E-state index in [4.69, 9.17) is 0 Å². The quantitative estimate of drug-likeness (QED) is 0.175. The van der Waals surface area contributed by atoms with Gasteiger partial charge in [0.2, 0.25) is 0 Å². The van der Waals surface area contributed by atoms with Gasteiger partial charge in [-0.05, 0) is 111 Å². The molecule has 1 unspecified atom stereocenters. The van der Waals surface area contributed by atoms with Crippen LogP contribution in [0.15, 0.2) is 176 Å². The molecular formula is C51H38N2. The van der Waals surface area contributed by atoms with Gasteiger partial charge in [0.15, 0.2) is 0 Å². The van der Waals surface area contributed by atoms with Gasteiger partial charge in [0.05, 0.1) is 22.1 Å². The van der Waals surface area contributed by atoms with Crippen LogP contribution in [0.4, 0.5) is 0 Å². The normalized spacial score (nSPS) is 16.2. The molecule has 0 N–H and O–H groups in total. The zero-order valence-electron chi connectivity index (χ0n) is 29.9. The molecule has 2 nitrogen and oxygen atoms in total. The molecule has 2 aliphatic carbocycles. The third kappa shape index (κ3) is 4.45. The molecule has 0 fully saturated rings. The molecule has 0 radical (unpaired) electrons. The van der Waals surface area contributed by atoms with Crippen molar-refractivity contribution < 1.29 is 0 Å². The summed E-state index contributed by atoms with van der Waals surface area (Å²) in [5.41, 5.74) is 16.9. The molecule has 53 heavy (non-hydrogen) atoms. The molecule has 0 spiro atoms. The second kappa shape index (κ2) is 11.3. The number of rotatable bonds is 4. The summed E-state index contributed by atoms with van der Waals surface area (Å²) < 4.78 is 4.93. The Hall–Kier alpha value is -6.38. The van der Waals surface area contributed by atoms with E-state index >= 15 is 0 Å². The monoisotopic (exact) mass is 678 g/mol. The van der Waals surface area contributed by atoms with E-state index in [0.29, 0.717) is 5.92 Å². The van der Waals surface area contributed by atoms with Crippen LogP contribution < -0.4 is 0 Å². The lowest BCUT2D eigenvalue weighted by atomic mass is 9.74. The van der Waals surface area contributed by atoms with Gasteiger partial charge in [0.25, 0.3) is 0 Å². The molecule has 7 aromatic carbocycles. The highest BCUT2D eigenvalue weighted by Crippen LogP contribution is 2.54. The maximum absolute atomic E-state index is 2.53. The molecule has 2 heterocycles. The SMILES string of the molecule is CC1(C)c2ccccc2C2=CC=C(n3c4ccccc4c4cc(-c5ccc6c(c5)c5ccccc5n6-c5ccc(-c6ccccc6)cc5)ccc43)CC21. The molecule has 1 atom stereocenters. The molecule has 2 aromatic heterocycles. The number of nitrogens with zero attached hydrogens (tertiary/aromatic N) is 2. The molecule has 0 bridgehead atoms. The van der Waals surface area contributed by atoms with Crippen molar-refractivity contribution in [2.45, 2.75) is 25.7 Å². The summed E-state index contributed by atoms with van der Waals surface area (Å²) in [6.07, 6.45) is 5.79. The smallest absolute Gasteiger partial charge is 0.0541 e. The van der Waals surface area contributed by atoms with E-state index < -0.39 is 0 Å². The molecule has 2 aliphatic rings. The van der Waals surface area contributed by atoms with E-state index in [1.54, 1.807) is 0 Å². The minimum atomic E-state index is 0.0846. The Morgan fingerprint density at radius 2 is 0.981 bits per heavy atom. The molecule has 11 rings (SSSR count). The minimum absolute atomic E-state index is 0.0846. The highest BCUT2D eigenvalue weighted by molar-refractivity contribution is 6.13. The lowest BCUT2D eigenvalue weighted by Crippen LogP contribution is -2.25. The van der Waals surface area contributed by atoms with Crippen molar-refractivity contribution >= 4 is 54.9 Å². The first-order valence-electron chi connectivity index (χ1n) is 18.8. The summed E-state index contributed by atoms with van der Waals surface area (Å²) in [6, 6.07) is 60.4. The van der Waals surface area contributed by atoms with Crippen LogP contribution in [0.3, 0.4) is 0 Å². The van der Waals surface area contributed by atoms with Crippen LogP contribution in [-0.2, 0) is 5.41 Å². The summed E-state index contributed by atoms with van der Waals surface area (Å²) in [4.78, 5) is 0. The van der Waals surface area contributed by atoms with E-state index in [1.165, 1.54) is 93.9 Å². The fraction of sp³-hybridized carbons (Fsp3) is 0.0980. The number of para-hydroxylation sites is 2. The van der Waals surface area contributed by atoms with Gasteiger partial charge < -0.3 is 9.13 Å². The van der Waals surface area contributed by atoms with Crippen molar-refractivity contribution in [1.29, 1.82) is 0 Å². The second-order valence-corrected chi connectivity index (χ2v) is 15.4. The van der Waals surface area contributed by atoms with Crippen LogP contribution in [0.5, 0.6) is 0 Å². The lowest BCUT2D eigenvalue weighted by Gasteiger charge is -2.32. The van der Waals surface area contributed by atoms with Crippen molar-refractivity contribution in [2.24, 2.45) is 5.92 Å². The van der Waals surface area contributed by atoms with Crippen molar-refractivity contribution in [3.05, 3.63) is 187 Å². The van der Waals surface area contributed by atoms with Crippen LogP contribution in [0.25, 0.3) is 82.8 Å². The minimum Gasteiger partial charge on any atom is -0.313 e. The van der Waals surface area contributed by atoms with Crippen LogP contribution in [0.1, 0.15) is 31.4 Å². The first-order chi connectivity index (χ1) is 26.0. The molecule has 0 amide bonds. The largest absolute Gasteiger partial charge is 0.313 e. The molecule has 0 saturated heterocycles. The fourth-order valence-corrected chi connectivity index (χ4v) is 9.59. The molecular weight excluding hydrogens is 641 g/mol. The molecule has 9 aromatic rings. The van der Waals surface area contributed by atoms with Crippen LogP contribution in [0.2, 0.25) is 0 Å². The maximum Gasteiger partial charge on any atom is 0.0541 e. The number of fused-ring (bicyclic) bond motifs is 9. The van der Waals surface area contributed by atoms with Crippen molar-refractivity contribution in [1.82, 2.24) is 9.13 Å². The van der Waals surface area contributed by atoms with Crippen molar-refractivity contribution in [3.63, 3.8) is 0 Å². The Balaban J connectivity index is 1.02. The van der Waals surface area contributed by atoms with Gasteiger partial charge in [-0.3, -0.25) is 0 Å². The van der Waals surface area contributed by atoms with Crippen molar-refractivity contribution in [2.75, 3.05) is 0 Å². The average molecular weight is 679 g/mol. The zero-order valence-corrected chi connectivity index (χ0v) is 29.9. The van der Waals surface area contributed by atoms with Gasteiger partial charge >= 0.3 is 0 Å². The topological polar surface area (TPSA) is 9.86 Å². The third-order valence-corrected chi connectivity index (χ3v) is 12.2. The molecule has 0 saturated carbocycles. The zero-order chi connectivity index (χ0) is 35.3. The van der Waals surface area contributed by atoms with Crippen LogP contribution in [0, 0.1) is 5.92 Å². The summed E-state index contributed by atoms with van der Waals surface area (Å²) in [7, 11) is 0. The number of benzene rings is 7. The average Bonchev–Trinajstić information content (AvgIpc) is 3.81. The Kier molecular flexibility index (Phi) is 6.46. The predicted molar refractivity (Wildman–Crippen MR) is 224 cm³/mol. The maximum atomic E-state index is 2.53. The van der Waals surface area contributed by atoms with Gasteiger partial charge in [-0.1, -0.05) is 135 Å². The highest BCUT2D eigenvalue weighted by Gasteiger charge is 2.44. The van der Waals surface area contributed by atoms with Gasteiger partial charge in [0.1, 0.15) is 0 Å². The Morgan fingerprint density at radius 1 is 0.453 bits per heavy atom. The first kappa shape index (κ1) is 30.3. The van der Waals surface area contributed by atoms with Gasteiger partial charge in [0, 0.05) is 32.9 Å². The van der Waals surface area contributed by atoms with Gasteiger partial charge in [-0.15, -0.1) is 0 Å². The summed E-state index contributed by atoms with van der Waals surface area (Å²) in [5.74, 6) is 0.450. The van der Waals surface area contributed by atoms with Crippen molar-refractivity contribution in [3.8, 4) is 27.9 Å². The van der Waals surface area contributed by atoms with Crippen LogP contribution in [-0.4, -0.2) is 9.13 Å². The Morgan fingerprint density at radius 3 is 1.68 bits per heavy atom. The van der Waals surface area contributed by atoms with Gasteiger partial charge in [-0.2, -0.15) is 0 Å². The van der Waals surface area contributed by atoms with E-state index in [1.807, 2.05) is 0 Å². The standard InChI is InChI=1S/C51H38N2/c1-51(2)45-17-9-6-14-39(45)40-27-26-38(32-46(40)51)53-48-19-11-8-16-42(48)44-31-36(23-29-50(44)53)35-22-28-49-43(30-35)41-15-7-10-18-47(41)52(49)37-24-20-34(21-25-37)33-12-4-3-5-13-33/h3-31,46H,32H2,1-2H3. The van der Waals surface area contributed by atoms with E-state index in [-0.39, 0.29) is 5.41 Å². The van der Waals surface area contributed by atoms with E-state index in [9.17, 15) is 0 Å². The lowest BCUT2D eigenvalue weighted by molar-refractivity contribution is 0.415. The van der Waals surface area contributed by atoms with Gasteiger partial charge in [-0.25, -0.2) is 0 Å². The van der Waals surface area contributed by atoms with Crippen LogP contribution >= 0.6 is 0 Å². The third-order valence-electron chi connectivity index (χ3n) is 12.2. The molecule has 0 aliphatic heterocycles. The fourth-order valence-electron chi connectivity index (χ4n) is 9.59. The summed E-state index contributed by atoms with van der Waals surface area (Å²) >= 11 is 0. The molecule has 2 heteroatoms. The molecule has 252 valence electrons. The summed E-state index contributed by atoms with van der Waals surface area (Å²) in [6.45, 7) is 4.85. The second-order valence-electron chi connectivity index (χ2n) is 15.4.